The number of esters is 1. The van der Waals surface area contributed by atoms with Gasteiger partial charge in [-0.25, -0.2) is 13.2 Å². The molecule has 1 N–H and O–H groups in total. The molecule has 9 heteroatoms. The van der Waals surface area contributed by atoms with Crippen LogP contribution in [0.15, 0.2) is 29.2 Å². The summed E-state index contributed by atoms with van der Waals surface area (Å²) in [6.07, 6.45) is 0.509. The Balaban J connectivity index is 1.76. The summed E-state index contributed by atoms with van der Waals surface area (Å²) >= 11 is 1.37. The van der Waals surface area contributed by atoms with Crippen LogP contribution in [0, 0.1) is 6.92 Å². The van der Waals surface area contributed by atoms with Crippen molar-refractivity contribution in [2.24, 2.45) is 0 Å². The first kappa shape index (κ1) is 24.4. The number of sulfone groups is 1. The molecule has 1 aromatic heterocycles. The molecule has 0 aliphatic carbocycles. The Morgan fingerprint density at radius 3 is 2.53 bits per heavy atom. The number of hydrogen-bond donors (Lipinski definition) is 1. The number of anilines is 1. The molecular weight excluding hydrogens is 448 g/mol. The maximum absolute atomic E-state index is 12.6. The van der Waals surface area contributed by atoms with Crippen molar-refractivity contribution in [2.45, 2.75) is 58.0 Å². The molecule has 7 nitrogen and oxygen atoms in total. The number of amides is 1. The fourth-order valence-corrected chi connectivity index (χ4v) is 6.17. The summed E-state index contributed by atoms with van der Waals surface area (Å²) in [5.41, 5.74) is 2.30. The summed E-state index contributed by atoms with van der Waals surface area (Å²) in [6.45, 7) is 9.66. The van der Waals surface area contributed by atoms with Crippen LogP contribution in [0.1, 0.15) is 53.6 Å². The van der Waals surface area contributed by atoms with Gasteiger partial charge < -0.3 is 10.1 Å². The van der Waals surface area contributed by atoms with Crippen molar-refractivity contribution in [2.75, 3.05) is 24.2 Å². The molecule has 1 aliphatic heterocycles. The number of carbonyl (C=O) groups is 2. The lowest BCUT2D eigenvalue weighted by molar-refractivity contribution is -0.115. The minimum absolute atomic E-state index is 0.195. The summed E-state index contributed by atoms with van der Waals surface area (Å²) in [7, 11) is -3.57. The fourth-order valence-electron chi connectivity index (χ4n) is 3.65. The lowest BCUT2D eigenvalue weighted by Gasteiger charge is -2.30. The lowest BCUT2D eigenvalue weighted by atomic mass is 10.0. The molecule has 0 spiro atoms. The first-order chi connectivity index (χ1) is 15.1. The van der Waals surface area contributed by atoms with Gasteiger partial charge in [-0.15, -0.1) is 11.3 Å². The smallest absolute Gasteiger partial charge is 0.341 e. The van der Waals surface area contributed by atoms with Crippen LogP contribution in [0.5, 0.6) is 0 Å². The summed E-state index contributed by atoms with van der Waals surface area (Å²) in [6, 6.07) is 6.94. The summed E-state index contributed by atoms with van der Waals surface area (Å²) in [4.78, 5) is 28.8. The van der Waals surface area contributed by atoms with Crippen LogP contribution in [-0.4, -0.2) is 50.1 Å². The van der Waals surface area contributed by atoms with E-state index in [1.54, 1.807) is 31.2 Å². The largest absolute Gasteiger partial charge is 0.462 e. The Bertz CT molecular complexity index is 1090. The van der Waals surface area contributed by atoms with Crippen LogP contribution >= 0.6 is 11.3 Å². The second kappa shape index (κ2) is 10.1. The highest BCUT2D eigenvalue weighted by Crippen LogP contribution is 2.38. The molecule has 3 rings (SSSR count). The number of fused-ring (bicyclic) bond motifs is 1. The first-order valence-electron chi connectivity index (χ1n) is 10.8. The monoisotopic (exact) mass is 478 g/mol. The lowest BCUT2D eigenvalue weighted by Crippen LogP contribution is -2.35. The van der Waals surface area contributed by atoms with E-state index in [4.69, 9.17) is 4.74 Å². The van der Waals surface area contributed by atoms with Crippen LogP contribution in [0.4, 0.5) is 5.00 Å². The predicted octanol–water partition coefficient (Wildman–Crippen LogP) is 3.80. The van der Waals surface area contributed by atoms with E-state index < -0.39 is 21.7 Å². The zero-order chi connectivity index (χ0) is 23.5. The van der Waals surface area contributed by atoms with Crippen molar-refractivity contribution in [3.05, 3.63) is 45.8 Å². The predicted molar refractivity (Wildman–Crippen MR) is 126 cm³/mol. The van der Waals surface area contributed by atoms with Gasteiger partial charge in [-0.2, -0.15) is 0 Å². The van der Waals surface area contributed by atoms with Gasteiger partial charge in [0.25, 0.3) is 0 Å². The third kappa shape index (κ3) is 5.57. The van der Waals surface area contributed by atoms with Gasteiger partial charge in [0, 0.05) is 30.4 Å². The number of aryl methyl sites for hydroxylation is 1. The van der Waals surface area contributed by atoms with Crippen LogP contribution in [0.25, 0.3) is 0 Å². The Morgan fingerprint density at radius 1 is 1.22 bits per heavy atom. The van der Waals surface area contributed by atoms with Crippen molar-refractivity contribution in [3.63, 3.8) is 0 Å². The molecule has 0 radical (unpaired) electrons. The minimum atomic E-state index is -3.57. The molecule has 1 aliphatic rings. The van der Waals surface area contributed by atoms with E-state index in [9.17, 15) is 18.0 Å². The van der Waals surface area contributed by atoms with Gasteiger partial charge in [-0.05, 0) is 51.8 Å². The number of nitrogens with one attached hydrogen (secondary N) is 1. The fraction of sp³-hybridized carbons (Fsp3) is 0.478. The van der Waals surface area contributed by atoms with E-state index in [1.165, 1.54) is 11.3 Å². The molecule has 1 aromatic carbocycles. The maximum atomic E-state index is 12.6. The standard InChI is InChI=1S/C23H30N2O5S2/c1-5-30-23(27)21-18-10-12-25(15(2)3)14-19(18)31-22(21)24-20(26)11-13-32(28,29)17-8-6-16(4)7-9-17/h6-9,15H,5,10-14H2,1-4H3,(H,24,26). The molecule has 2 aromatic rings. The summed E-state index contributed by atoms with van der Waals surface area (Å²) < 4.78 is 30.4. The molecule has 0 unspecified atom stereocenters. The minimum Gasteiger partial charge on any atom is -0.462 e. The number of rotatable bonds is 8. The average molecular weight is 479 g/mol. The topological polar surface area (TPSA) is 92.8 Å². The van der Waals surface area contributed by atoms with E-state index >= 15 is 0 Å². The highest BCUT2D eigenvalue weighted by Gasteiger charge is 2.30. The quantitative estimate of drug-likeness (QED) is 0.580. The normalized spacial score (nSPS) is 14.3. The van der Waals surface area contributed by atoms with Gasteiger partial charge in [0.15, 0.2) is 9.84 Å². The Morgan fingerprint density at radius 2 is 1.91 bits per heavy atom. The van der Waals surface area contributed by atoms with Gasteiger partial charge >= 0.3 is 5.97 Å². The van der Waals surface area contributed by atoms with Crippen molar-refractivity contribution in [1.82, 2.24) is 4.90 Å². The highest BCUT2D eigenvalue weighted by molar-refractivity contribution is 7.91. The van der Waals surface area contributed by atoms with Crippen molar-refractivity contribution >= 4 is 38.1 Å². The SMILES string of the molecule is CCOC(=O)c1c(NC(=O)CCS(=O)(=O)c2ccc(C)cc2)sc2c1CCN(C(C)C)C2. The van der Waals surface area contributed by atoms with Gasteiger partial charge in [-0.1, -0.05) is 17.7 Å². The molecular formula is C23H30N2O5S2. The molecule has 174 valence electrons. The molecule has 0 saturated carbocycles. The molecule has 0 atom stereocenters. The van der Waals surface area contributed by atoms with Crippen LogP contribution in [0.2, 0.25) is 0 Å². The number of thiophene rings is 1. The number of carbonyl (C=O) groups excluding carboxylic acids is 2. The van der Waals surface area contributed by atoms with E-state index in [0.717, 1.165) is 22.5 Å². The summed E-state index contributed by atoms with van der Waals surface area (Å²) in [5, 5.41) is 3.22. The molecule has 2 heterocycles. The van der Waals surface area contributed by atoms with Crippen LogP contribution in [-0.2, 0) is 32.3 Å². The van der Waals surface area contributed by atoms with Crippen molar-refractivity contribution < 1.29 is 22.7 Å². The molecule has 0 bridgehead atoms. The number of ether oxygens (including phenoxy) is 1. The van der Waals surface area contributed by atoms with E-state index in [0.29, 0.717) is 29.6 Å². The molecule has 32 heavy (non-hydrogen) atoms. The van der Waals surface area contributed by atoms with E-state index in [1.807, 2.05) is 6.92 Å². The maximum Gasteiger partial charge on any atom is 0.341 e. The van der Waals surface area contributed by atoms with Crippen LogP contribution < -0.4 is 5.32 Å². The average Bonchev–Trinajstić information content (AvgIpc) is 3.09. The third-order valence-corrected chi connectivity index (χ3v) is 8.39. The number of benzene rings is 1. The second-order valence-electron chi connectivity index (χ2n) is 8.17. The Kier molecular flexibility index (Phi) is 7.74. The number of nitrogens with zero attached hydrogens (tertiary/aromatic N) is 1. The van der Waals surface area contributed by atoms with E-state index in [2.05, 4.69) is 24.1 Å². The highest BCUT2D eigenvalue weighted by atomic mass is 32.2. The van der Waals surface area contributed by atoms with Crippen LogP contribution in [0.3, 0.4) is 0 Å². The first-order valence-corrected chi connectivity index (χ1v) is 13.2. The molecule has 0 fully saturated rings. The Labute approximate surface area is 193 Å². The van der Waals surface area contributed by atoms with E-state index in [-0.39, 0.29) is 23.7 Å². The van der Waals surface area contributed by atoms with Gasteiger partial charge in [0.05, 0.1) is 22.8 Å². The van der Waals surface area contributed by atoms with Crippen molar-refractivity contribution in [1.29, 1.82) is 0 Å². The zero-order valence-electron chi connectivity index (χ0n) is 18.9. The zero-order valence-corrected chi connectivity index (χ0v) is 20.6. The third-order valence-electron chi connectivity index (χ3n) is 5.53. The Hall–Kier alpha value is -2.23. The molecule has 0 saturated heterocycles. The van der Waals surface area contributed by atoms with Crippen molar-refractivity contribution in [3.8, 4) is 0 Å². The van der Waals surface area contributed by atoms with Gasteiger partial charge in [-0.3, -0.25) is 9.69 Å². The summed E-state index contributed by atoms with van der Waals surface area (Å²) in [5.74, 6) is -1.20. The number of hydrogen-bond acceptors (Lipinski definition) is 7. The molecule has 1 amide bonds. The second-order valence-corrected chi connectivity index (χ2v) is 11.4. The van der Waals surface area contributed by atoms with Gasteiger partial charge in [0.1, 0.15) is 5.00 Å². The van der Waals surface area contributed by atoms with Gasteiger partial charge in [0.2, 0.25) is 5.91 Å².